The number of nitrogens with zero attached hydrogens (tertiary/aromatic N) is 1. The van der Waals surface area contributed by atoms with Crippen LogP contribution >= 0.6 is 11.8 Å². The number of aromatic nitrogens is 2. The number of carboxylic acid groups (broad SMARTS) is 1. The lowest BCUT2D eigenvalue weighted by Gasteiger charge is -2.16. The van der Waals surface area contributed by atoms with Gasteiger partial charge in [0.1, 0.15) is 6.04 Å². The predicted molar refractivity (Wildman–Crippen MR) is 75.7 cm³/mol. The monoisotopic (exact) mass is 298 g/mol. The van der Waals surface area contributed by atoms with Gasteiger partial charge in [0.25, 0.3) is 0 Å². The number of rotatable bonds is 6. The summed E-state index contributed by atoms with van der Waals surface area (Å²) in [6.07, 6.45) is 5.48. The van der Waals surface area contributed by atoms with Gasteiger partial charge in [0.15, 0.2) is 0 Å². The lowest BCUT2D eigenvalue weighted by atomic mass is 10.2. The molecule has 20 heavy (non-hydrogen) atoms. The number of H-pyrrole nitrogens is 1. The van der Waals surface area contributed by atoms with Crippen LogP contribution in [0.4, 0.5) is 4.79 Å². The highest BCUT2D eigenvalue weighted by Crippen LogP contribution is 2.25. The molecule has 8 heteroatoms. The van der Waals surface area contributed by atoms with Crippen LogP contribution in [0.2, 0.25) is 0 Å². The van der Waals surface area contributed by atoms with Crippen LogP contribution in [0.3, 0.4) is 0 Å². The van der Waals surface area contributed by atoms with Crippen LogP contribution in [0.25, 0.3) is 0 Å². The number of amides is 2. The molecular formula is C12H18N4O3S. The van der Waals surface area contributed by atoms with Gasteiger partial charge in [-0.25, -0.2) is 14.6 Å². The summed E-state index contributed by atoms with van der Waals surface area (Å²) in [6, 6.07) is -1.41. The summed E-state index contributed by atoms with van der Waals surface area (Å²) in [6.45, 7) is 0.576. The highest BCUT2D eigenvalue weighted by Gasteiger charge is 2.22. The molecule has 0 aromatic carbocycles. The number of thioether (sulfide) groups is 1. The molecule has 2 atom stereocenters. The van der Waals surface area contributed by atoms with Gasteiger partial charge in [0.05, 0.1) is 6.33 Å². The summed E-state index contributed by atoms with van der Waals surface area (Å²) in [5.74, 6) is 0.0657. The van der Waals surface area contributed by atoms with Gasteiger partial charge in [-0.1, -0.05) is 0 Å². The topological polar surface area (TPSA) is 107 Å². The Morgan fingerprint density at radius 1 is 1.60 bits per heavy atom. The summed E-state index contributed by atoms with van der Waals surface area (Å²) in [5.41, 5.74) is 0.670. The molecule has 1 aliphatic heterocycles. The summed E-state index contributed by atoms with van der Waals surface area (Å²) in [7, 11) is 0. The van der Waals surface area contributed by atoms with Gasteiger partial charge in [0.2, 0.25) is 0 Å². The van der Waals surface area contributed by atoms with E-state index < -0.39 is 18.0 Å². The minimum Gasteiger partial charge on any atom is -0.480 e. The van der Waals surface area contributed by atoms with E-state index in [9.17, 15) is 9.59 Å². The van der Waals surface area contributed by atoms with E-state index in [-0.39, 0.29) is 6.42 Å². The second kappa shape index (κ2) is 7.18. The second-order valence-electron chi connectivity index (χ2n) is 4.66. The van der Waals surface area contributed by atoms with Crippen LogP contribution in [0, 0.1) is 0 Å². The number of nitrogens with one attached hydrogen (secondary N) is 3. The first-order valence-electron chi connectivity index (χ1n) is 6.51. The van der Waals surface area contributed by atoms with Crippen molar-refractivity contribution < 1.29 is 14.7 Å². The molecular weight excluding hydrogens is 280 g/mol. The third kappa shape index (κ3) is 4.44. The minimum absolute atomic E-state index is 0.181. The first-order chi connectivity index (χ1) is 9.65. The van der Waals surface area contributed by atoms with Gasteiger partial charge >= 0.3 is 12.0 Å². The SMILES string of the molecule is O=C(NCC1CCCS1)NC(Cc1cnc[nH]1)C(=O)O. The largest absolute Gasteiger partial charge is 0.480 e. The van der Waals surface area contributed by atoms with Crippen LogP contribution in [-0.2, 0) is 11.2 Å². The van der Waals surface area contributed by atoms with Crippen molar-refractivity contribution >= 4 is 23.8 Å². The third-order valence-electron chi connectivity index (χ3n) is 3.10. The van der Waals surface area contributed by atoms with Crippen LogP contribution in [0.1, 0.15) is 18.5 Å². The molecule has 2 rings (SSSR count). The Morgan fingerprint density at radius 3 is 3.05 bits per heavy atom. The number of carboxylic acids is 1. The molecule has 0 spiro atoms. The first kappa shape index (κ1) is 14.7. The molecule has 1 aliphatic rings. The number of hydrogen-bond donors (Lipinski definition) is 4. The lowest BCUT2D eigenvalue weighted by molar-refractivity contribution is -0.139. The lowest BCUT2D eigenvalue weighted by Crippen LogP contribution is -2.48. The van der Waals surface area contributed by atoms with Gasteiger partial charge in [-0.15, -0.1) is 0 Å². The van der Waals surface area contributed by atoms with E-state index in [1.54, 1.807) is 6.20 Å². The Morgan fingerprint density at radius 2 is 2.45 bits per heavy atom. The zero-order chi connectivity index (χ0) is 14.4. The Bertz CT molecular complexity index is 446. The van der Waals surface area contributed by atoms with Crippen molar-refractivity contribution in [3.63, 3.8) is 0 Å². The van der Waals surface area contributed by atoms with Gasteiger partial charge in [-0.05, 0) is 18.6 Å². The standard InChI is InChI=1S/C12H18N4O3S/c17-11(18)10(4-8-5-13-7-15-8)16-12(19)14-6-9-2-1-3-20-9/h5,7,9-10H,1-4,6H2,(H,13,15)(H,17,18)(H2,14,16,19). The third-order valence-corrected chi connectivity index (χ3v) is 4.49. The predicted octanol–water partition coefficient (Wildman–Crippen LogP) is 0.600. The molecule has 2 amide bonds. The van der Waals surface area contributed by atoms with E-state index in [1.807, 2.05) is 11.8 Å². The highest BCUT2D eigenvalue weighted by atomic mass is 32.2. The van der Waals surface area contributed by atoms with Crippen LogP contribution < -0.4 is 10.6 Å². The molecule has 110 valence electrons. The van der Waals surface area contributed by atoms with E-state index >= 15 is 0 Å². The average molecular weight is 298 g/mol. The molecule has 7 nitrogen and oxygen atoms in total. The highest BCUT2D eigenvalue weighted by molar-refractivity contribution is 8.00. The number of carbonyl (C=O) groups is 2. The number of aromatic amines is 1. The van der Waals surface area contributed by atoms with Crippen molar-refractivity contribution in [2.75, 3.05) is 12.3 Å². The molecule has 1 aromatic heterocycles. The zero-order valence-corrected chi connectivity index (χ0v) is 11.8. The Balaban J connectivity index is 1.78. The van der Waals surface area contributed by atoms with Gasteiger partial charge in [-0.2, -0.15) is 11.8 Å². The average Bonchev–Trinajstić information content (AvgIpc) is 3.08. The van der Waals surface area contributed by atoms with Crippen LogP contribution in [0.5, 0.6) is 0 Å². The van der Waals surface area contributed by atoms with Crippen molar-refractivity contribution in [1.29, 1.82) is 0 Å². The molecule has 2 heterocycles. The van der Waals surface area contributed by atoms with Crippen molar-refractivity contribution in [1.82, 2.24) is 20.6 Å². The van der Waals surface area contributed by atoms with Crippen LogP contribution in [0.15, 0.2) is 12.5 Å². The Kier molecular flexibility index (Phi) is 5.28. The fourth-order valence-electron chi connectivity index (χ4n) is 2.04. The van der Waals surface area contributed by atoms with E-state index in [2.05, 4.69) is 20.6 Å². The molecule has 1 aromatic rings. The smallest absolute Gasteiger partial charge is 0.326 e. The number of hydrogen-bond acceptors (Lipinski definition) is 4. The normalized spacial score (nSPS) is 19.5. The van der Waals surface area contributed by atoms with E-state index in [0.717, 1.165) is 12.2 Å². The van der Waals surface area contributed by atoms with Crippen molar-refractivity contribution in [3.8, 4) is 0 Å². The maximum Gasteiger partial charge on any atom is 0.326 e. The first-order valence-corrected chi connectivity index (χ1v) is 7.56. The maximum absolute atomic E-state index is 11.7. The minimum atomic E-state index is -1.06. The molecule has 1 fully saturated rings. The summed E-state index contributed by atoms with van der Waals surface area (Å²) >= 11 is 1.84. The summed E-state index contributed by atoms with van der Waals surface area (Å²) in [4.78, 5) is 29.5. The Hall–Kier alpha value is -1.70. The zero-order valence-electron chi connectivity index (χ0n) is 11.0. The fraction of sp³-hybridized carbons (Fsp3) is 0.583. The van der Waals surface area contributed by atoms with Crippen molar-refractivity contribution in [2.24, 2.45) is 0 Å². The van der Waals surface area contributed by atoms with Gasteiger partial charge in [0, 0.05) is 30.1 Å². The number of aliphatic carboxylic acids is 1. The Labute approximate surface area is 120 Å². The molecule has 1 saturated heterocycles. The second-order valence-corrected chi connectivity index (χ2v) is 6.07. The number of imidazole rings is 1. The summed E-state index contributed by atoms with van der Waals surface area (Å²) < 4.78 is 0. The molecule has 0 radical (unpaired) electrons. The van der Waals surface area contributed by atoms with Crippen molar-refractivity contribution in [3.05, 3.63) is 18.2 Å². The molecule has 0 aliphatic carbocycles. The van der Waals surface area contributed by atoms with E-state index in [0.29, 0.717) is 17.5 Å². The van der Waals surface area contributed by atoms with Gasteiger partial charge < -0.3 is 20.7 Å². The van der Waals surface area contributed by atoms with E-state index in [4.69, 9.17) is 5.11 Å². The molecule has 4 N–H and O–H groups in total. The molecule has 0 bridgehead atoms. The van der Waals surface area contributed by atoms with Gasteiger partial charge in [-0.3, -0.25) is 0 Å². The number of urea groups is 1. The quantitative estimate of drug-likeness (QED) is 0.615. The number of carbonyl (C=O) groups excluding carboxylic acids is 1. The maximum atomic E-state index is 11.7. The molecule has 0 saturated carbocycles. The fourth-order valence-corrected chi connectivity index (χ4v) is 3.24. The van der Waals surface area contributed by atoms with Crippen LogP contribution in [-0.4, -0.2) is 50.7 Å². The molecule has 2 unspecified atom stereocenters. The van der Waals surface area contributed by atoms with E-state index in [1.165, 1.54) is 12.7 Å². The summed E-state index contributed by atoms with van der Waals surface area (Å²) in [5, 5.41) is 14.8. The van der Waals surface area contributed by atoms with Crippen molar-refractivity contribution in [2.45, 2.75) is 30.6 Å².